The Morgan fingerprint density at radius 2 is 2.06 bits per heavy atom. The van der Waals surface area contributed by atoms with Crippen molar-refractivity contribution >= 4 is 17.2 Å². The zero-order valence-electron chi connectivity index (χ0n) is 8.33. The number of carbonyl (C=O) groups is 1. The highest BCUT2D eigenvalue weighted by Gasteiger charge is 2.24. The maximum Gasteiger partial charge on any atom is 0.295 e. The predicted octanol–water partition coefficient (Wildman–Crippen LogP) is 3.44. The monoisotopic (exact) mass is 228 g/mol. The highest BCUT2D eigenvalue weighted by molar-refractivity contribution is 7.08. The van der Waals surface area contributed by atoms with Crippen molar-refractivity contribution in [3.8, 4) is 0 Å². The summed E-state index contributed by atoms with van der Waals surface area (Å²) in [7, 11) is 0. The third kappa shape index (κ3) is 1.39. The van der Waals surface area contributed by atoms with E-state index in [-0.39, 0.29) is 11.9 Å². The number of amides is 1. The van der Waals surface area contributed by atoms with Gasteiger partial charge in [-0.3, -0.25) is 4.79 Å². The standard InChI is InChI=1S/C12H8N2OS/c15-12-10-4-2-1-3-9(10)11(13-14-12)8-5-6-16-7-8/h1-7,11H. The molecule has 2 aromatic rings. The van der Waals surface area contributed by atoms with Crippen LogP contribution in [0.5, 0.6) is 0 Å². The summed E-state index contributed by atoms with van der Waals surface area (Å²) in [6.07, 6.45) is 0. The maximum absolute atomic E-state index is 11.5. The topological polar surface area (TPSA) is 41.8 Å². The number of benzene rings is 1. The lowest BCUT2D eigenvalue weighted by atomic mass is 9.95. The van der Waals surface area contributed by atoms with Crippen molar-refractivity contribution < 1.29 is 4.79 Å². The molecular weight excluding hydrogens is 220 g/mol. The van der Waals surface area contributed by atoms with Gasteiger partial charge in [-0.2, -0.15) is 16.5 Å². The van der Waals surface area contributed by atoms with Gasteiger partial charge in [-0.05, 0) is 34.0 Å². The number of nitrogens with zero attached hydrogens (tertiary/aromatic N) is 2. The van der Waals surface area contributed by atoms with Gasteiger partial charge in [0.15, 0.2) is 0 Å². The van der Waals surface area contributed by atoms with Gasteiger partial charge >= 0.3 is 0 Å². The molecule has 0 radical (unpaired) electrons. The molecule has 0 fully saturated rings. The molecule has 1 aliphatic rings. The molecule has 1 atom stereocenters. The van der Waals surface area contributed by atoms with Crippen molar-refractivity contribution in [2.24, 2.45) is 10.2 Å². The Labute approximate surface area is 96.5 Å². The normalized spacial score (nSPS) is 18.5. The second kappa shape index (κ2) is 3.64. The summed E-state index contributed by atoms with van der Waals surface area (Å²) in [5.41, 5.74) is 2.70. The van der Waals surface area contributed by atoms with Gasteiger partial charge in [0.1, 0.15) is 6.04 Å². The number of rotatable bonds is 1. The lowest BCUT2D eigenvalue weighted by Crippen LogP contribution is -2.10. The van der Waals surface area contributed by atoms with E-state index in [2.05, 4.69) is 10.2 Å². The average Bonchev–Trinajstić information content (AvgIpc) is 2.83. The summed E-state index contributed by atoms with van der Waals surface area (Å²) < 4.78 is 0. The third-order valence-electron chi connectivity index (χ3n) is 2.61. The SMILES string of the molecule is O=C1N=NC(c2ccsc2)c2ccccc21. The zero-order chi connectivity index (χ0) is 11.0. The highest BCUT2D eigenvalue weighted by Crippen LogP contribution is 2.33. The van der Waals surface area contributed by atoms with Crippen LogP contribution in [0.25, 0.3) is 0 Å². The molecule has 16 heavy (non-hydrogen) atoms. The fraction of sp³-hybridized carbons (Fsp3) is 0.0833. The van der Waals surface area contributed by atoms with Crippen LogP contribution in [0.2, 0.25) is 0 Å². The smallest absolute Gasteiger partial charge is 0.265 e. The Balaban J connectivity index is 2.16. The molecule has 3 nitrogen and oxygen atoms in total. The largest absolute Gasteiger partial charge is 0.295 e. The summed E-state index contributed by atoms with van der Waals surface area (Å²) in [5, 5.41) is 11.8. The van der Waals surface area contributed by atoms with Gasteiger partial charge in [0.2, 0.25) is 0 Å². The third-order valence-corrected chi connectivity index (χ3v) is 3.31. The van der Waals surface area contributed by atoms with Crippen molar-refractivity contribution in [2.75, 3.05) is 0 Å². The second-order valence-corrected chi connectivity index (χ2v) is 4.35. The van der Waals surface area contributed by atoms with E-state index < -0.39 is 0 Å². The van der Waals surface area contributed by atoms with Crippen molar-refractivity contribution in [2.45, 2.75) is 6.04 Å². The van der Waals surface area contributed by atoms with Crippen LogP contribution in [0.1, 0.15) is 27.5 Å². The van der Waals surface area contributed by atoms with Gasteiger partial charge in [-0.1, -0.05) is 18.2 Å². The second-order valence-electron chi connectivity index (χ2n) is 3.57. The van der Waals surface area contributed by atoms with Gasteiger partial charge in [-0.15, -0.1) is 5.11 Å². The van der Waals surface area contributed by atoms with E-state index in [1.807, 2.05) is 35.0 Å². The number of fused-ring (bicyclic) bond motifs is 1. The van der Waals surface area contributed by atoms with Crippen LogP contribution in [0.4, 0.5) is 0 Å². The molecule has 0 N–H and O–H groups in total. The Morgan fingerprint density at radius 1 is 1.19 bits per heavy atom. The molecule has 0 saturated heterocycles. The average molecular weight is 228 g/mol. The first-order valence-corrected chi connectivity index (χ1v) is 5.87. The first kappa shape index (κ1) is 9.42. The summed E-state index contributed by atoms with van der Waals surface area (Å²) in [4.78, 5) is 11.5. The number of hydrogen-bond donors (Lipinski definition) is 0. The molecule has 3 rings (SSSR count). The van der Waals surface area contributed by atoms with E-state index in [0.717, 1.165) is 11.1 Å². The van der Waals surface area contributed by atoms with E-state index in [9.17, 15) is 4.79 Å². The molecule has 0 saturated carbocycles. The van der Waals surface area contributed by atoms with Gasteiger partial charge in [0.25, 0.3) is 5.91 Å². The van der Waals surface area contributed by atoms with Crippen molar-refractivity contribution in [1.29, 1.82) is 0 Å². The van der Waals surface area contributed by atoms with Crippen molar-refractivity contribution in [3.63, 3.8) is 0 Å². The Hall–Kier alpha value is -1.81. The zero-order valence-corrected chi connectivity index (χ0v) is 9.15. The highest BCUT2D eigenvalue weighted by atomic mass is 32.1. The lowest BCUT2D eigenvalue weighted by molar-refractivity contribution is 0.0986. The summed E-state index contributed by atoms with van der Waals surface area (Å²) in [5.74, 6) is -0.248. The van der Waals surface area contributed by atoms with E-state index >= 15 is 0 Å². The minimum atomic E-state index is -0.248. The molecule has 1 aliphatic heterocycles. The Bertz CT molecular complexity index is 560. The van der Waals surface area contributed by atoms with E-state index in [1.54, 1.807) is 17.4 Å². The fourth-order valence-corrected chi connectivity index (χ4v) is 2.51. The molecule has 78 valence electrons. The van der Waals surface area contributed by atoms with Crippen LogP contribution >= 0.6 is 11.3 Å². The number of carbonyl (C=O) groups excluding carboxylic acids is 1. The maximum atomic E-state index is 11.5. The lowest BCUT2D eigenvalue weighted by Gasteiger charge is -2.16. The molecule has 0 spiro atoms. The molecule has 1 aromatic carbocycles. The molecule has 1 aromatic heterocycles. The molecular formula is C12H8N2OS. The number of hydrogen-bond acceptors (Lipinski definition) is 3. The fourth-order valence-electron chi connectivity index (χ4n) is 1.83. The van der Waals surface area contributed by atoms with Gasteiger partial charge in [-0.25, -0.2) is 0 Å². The van der Waals surface area contributed by atoms with Crippen LogP contribution in [0.15, 0.2) is 51.3 Å². The Kier molecular flexibility index (Phi) is 2.15. The summed E-state index contributed by atoms with van der Waals surface area (Å²) in [6, 6.07) is 9.40. The number of thiophene rings is 1. The van der Waals surface area contributed by atoms with Crippen molar-refractivity contribution in [3.05, 3.63) is 57.8 Å². The quantitative estimate of drug-likeness (QED) is 0.737. The molecule has 4 heteroatoms. The van der Waals surface area contributed by atoms with Gasteiger partial charge < -0.3 is 0 Å². The Morgan fingerprint density at radius 3 is 2.88 bits per heavy atom. The molecule has 0 bridgehead atoms. The van der Waals surface area contributed by atoms with Crippen LogP contribution in [-0.2, 0) is 0 Å². The van der Waals surface area contributed by atoms with E-state index in [4.69, 9.17) is 0 Å². The molecule has 1 amide bonds. The van der Waals surface area contributed by atoms with E-state index in [0.29, 0.717) is 5.56 Å². The van der Waals surface area contributed by atoms with Gasteiger partial charge in [0.05, 0.1) is 0 Å². The first-order valence-electron chi connectivity index (χ1n) is 4.92. The predicted molar refractivity (Wildman–Crippen MR) is 61.8 cm³/mol. The van der Waals surface area contributed by atoms with E-state index in [1.165, 1.54) is 0 Å². The van der Waals surface area contributed by atoms with Crippen LogP contribution < -0.4 is 0 Å². The summed E-state index contributed by atoms with van der Waals surface area (Å²) >= 11 is 1.62. The van der Waals surface area contributed by atoms with Gasteiger partial charge in [0, 0.05) is 5.56 Å². The van der Waals surface area contributed by atoms with Crippen LogP contribution in [0.3, 0.4) is 0 Å². The van der Waals surface area contributed by atoms with Crippen LogP contribution in [0, 0.1) is 0 Å². The first-order chi connectivity index (χ1) is 7.86. The minimum absolute atomic E-state index is 0.125. The summed E-state index contributed by atoms with van der Waals surface area (Å²) in [6.45, 7) is 0. The number of azo groups is 1. The molecule has 1 unspecified atom stereocenters. The van der Waals surface area contributed by atoms with Crippen molar-refractivity contribution in [1.82, 2.24) is 0 Å². The minimum Gasteiger partial charge on any atom is -0.265 e. The molecule has 2 heterocycles. The van der Waals surface area contributed by atoms with Crippen LogP contribution in [-0.4, -0.2) is 5.91 Å². The molecule has 0 aliphatic carbocycles.